The monoisotopic (exact) mass is 275 g/mol. The van der Waals surface area contributed by atoms with Crippen molar-refractivity contribution in [2.24, 2.45) is 11.1 Å². The van der Waals surface area contributed by atoms with E-state index >= 15 is 0 Å². The molecule has 1 aliphatic heterocycles. The summed E-state index contributed by atoms with van der Waals surface area (Å²) in [7, 11) is 0. The smallest absolute Gasteiger partial charge is 0.312 e. The number of amides is 3. The minimum atomic E-state index is -0.670. The highest BCUT2D eigenvalue weighted by Crippen LogP contribution is 2.42. The second-order valence-corrected chi connectivity index (χ2v) is 5.94. The Bertz CT molecular complexity index is 499. The fraction of sp³-hybridized carbons (Fsp3) is 0.467. The molecule has 0 bridgehead atoms. The maximum atomic E-state index is 12.1. The highest BCUT2D eigenvalue weighted by Gasteiger charge is 2.41. The molecule has 0 spiro atoms. The Balaban J connectivity index is 2.07. The summed E-state index contributed by atoms with van der Waals surface area (Å²) in [5.74, 6) is 0.219. The fourth-order valence-corrected chi connectivity index (χ4v) is 2.84. The average Bonchev–Trinajstić information content (AvgIpc) is 2.73. The third kappa shape index (κ3) is 3.10. The highest BCUT2D eigenvalue weighted by atomic mass is 16.2. The first-order chi connectivity index (χ1) is 9.40. The van der Waals surface area contributed by atoms with Gasteiger partial charge in [0, 0.05) is 19.0 Å². The Morgan fingerprint density at radius 1 is 1.35 bits per heavy atom. The molecular formula is C15H21N3O2. The number of benzene rings is 1. The van der Waals surface area contributed by atoms with Gasteiger partial charge in [0.1, 0.15) is 0 Å². The van der Waals surface area contributed by atoms with Gasteiger partial charge in [-0.1, -0.05) is 44.2 Å². The minimum Gasteiger partial charge on any atom is -0.352 e. The highest BCUT2D eigenvalue weighted by molar-refractivity contribution is 5.83. The molecule has 3 N–H and O–H groups in total. The summed E-state index contributed by atoms with van der Waals surface area (Å²) in [6, 6.07) is 9.56. The van der Waals surface area contributed by atoms with Gasteiger partial charge in [-0.25, -0.2) is 4.79 Å². The number of primary amides is 1. The molecule has 108 valence electrons. The van der Waals surface area contributed by atoms with Crippen LogP contribution in [0.3, 0.4) is 0 Å². The summed E-state index contributed by atoms with van der Waals surface area (Å²) in [6.07, 6.45) is 0. The van der Waals surface area contributed by atoms with Crippen LogP contribution in [0.25, 0.3) is 0 Å². The normalized spacial score (nSPS) is 20.7. The third-order valence-corrected chi connectivity index (χ3v) is 3.91. The minimum absolute atomic E-state index is 0.0176. The average molecular weight is 275 g/mol. The number of nitrogens with zero attached hydrogens (tertiary/aromatic N) is 1. The van der Waals surface area contributed by atoms with E-state index in [2.05, 4.69) is 31.3 Å². The van der Waals surface area contributed by atoms with E-state index in [9.17, 15) is 9.59 Å². The molecule has 1 saturated heterocycles. The molecule has 1 heterocycles. The van der Waals surface area contributed by atoms with Crippen molar-refractivity contribution in [3.63, 3.8) is 0 Å². The number of nitrogens with two attached hydrogens (primary N) is 1. The van der Waals surface area contributed by atoms with E-state index in [-0.39, 0.29) is 17.9 Å². The molecule has 5 heteroatoms. The zero-order chi connectivity index (χ0) is 14.8. The van der Waals surface area contributed by atoms with Crippen LogP contribution in [-0.4, -0.2) is 36.5 Å². The van der Waals surface area contributed by atoms with Crippen molar-refractivity contribution in [2.75, 3.05) is 19.6 Å². The van der Waals surface area contributed by atoms with Crippen LogP contribution in [0, 0.1) is 5.41 Å². The Morgan fingerprint density at radius 2 is 2.00 bits per heavy atom. The van der Waals surface area contributed by atoms with Crippen molar-refractivity contribution >= 4 is 11.9 Å². The predicted octanol–water partition coefficient (Wildman–Crippen LogP) is 1.31. The SMILES string of the molecule is CC1(C)CN(C(=O)CNC(N)=O)CC1c1ccccc1. The van der Waals surface area contributed by atoms with E-state index in [1.54, 1.807) is 4.90 Å². The molecule has 0 aromatic heterocycles. The second-order valence-electron chi connectivity index (χ2n) is 5.94. The van der Waals surface area contributed by atoms with E-state index in [1.807, 2.05) is 18.2 Å². The summed E-state index contributed by atoms with van der Waals surface area (Å²) in [5.41, 5.74) is 6.25. The van der Waals surface area contributed by atoms with Gasteiger partial charge in [-0.05, 0) is 11.0 Å². The van der Waals surface area contributed by atoms with Gasteiger partial charge in [-0.15, -0.1) is 0 Å². The van der Waals surface area contributed by atoms with E-state index in [0.29, 0.717) is 19.0 Å². The molecular weight excluding hydrogens is 254 g/mol. The molecule has 0 radical (unpaired) electrons. The number of likely N-dealkylation sites (tertiary alicyclic amines) is 1. The molecule has 5 nitrogen and oxygen atoms in total. The molecule has 1 fully saturated rings. The predicted molar refractivity (Wildman–Crippen MR) is 77.1 cm³/mol. The first-order valence-electron chi connectivity index (χ1n) is 6.76. The number of hydrogen-bond donors (Lipinski definition) is 2. The molecule has 1 unspecified atom stereocenters. The largest absolute Gasteiger partial charge is 0.352 e. The van der Waals surface area contributed by atoms with Gasteiger partial charge in [-0.3, -0.25) is 4.79 Å². The number of carbonyl (C=O) groups is 2. The Kier molecular flexibility index (Phi) is 3.97. The lowest BCUT2D eigenvalue weighted by molar-refractivity contribution is -0.129. The van der Waals surface area contributed by atoms with Crippen LogP contribution in [0.1, 0.15) is 25.3 Å². The van der Waals surface area contributed by atoms with Crippen molar-refractivity contribution in [1.29, 1.82) is 0 Å². The van der Waals surface area contributed by atoms with Gasteiger partial charge in [0.05, 0.1) is 6.54 Å². The summed E-state index contributed by atoms with van der Waals surface area (Å²) >= 11 is 0. The maximum absolute atomic E-state index is 12.1. The van der Waals surface area contributed by atoms with Crippen LogP contribution in [0.5, 0.6) is 0 Å². The number of nitrogens with one attached hydrogen (secondary N) is 1. The van der Waals surface area contributed by atoms with Crippen molar-refractivity contribution in [2.45, 2.75) is 19.8 Å². The quantitative estimate of drug-likeness (QED) is 0.872. The number of urea groups is 1. The molecule has 1 aromatic rings. The zero-order valence-corrected chi connectivity index (χ0v) is 11.9. The number of carbonyl (C=O) groups excluding carboxylic acids is 2. The van der Waals surface area contributed by atoms with E-state index < -0.39 is 6.03 Å². The van der Waals surface area contributed by atoms with Crippen LogP contribution < -0.4 is 11.1 Å². The van der Waals surface area contributed by atoms with Gasteiger partial charge in [-0.2, -0.15) is 0 Å². The Hall–Kier alpha value is -2.04. The molecule has 0 saturated carbocycles. The van der Waals surface area contributed by atoms with Gasteiger partial charge in [0.2, 0.25) is 5.91 Å². The van der Waals surface area contributed by atoms with Gasteiger partial charge >= 0.3 is 6.03 Å². The van der Waals surface area contributed by atoms with Crippen LogP contribution in [0.4, 0.5) is 4.79 Å². The molecule has 0 aliphatic carbocycles. The first kappa shape index (κ1) is 14.4. The Morgan fingerprint density at radius 3 is 2.60 bits per heavy atom. The summed E-state index contributed by atoms with van der Waals surface area (Å²) in [6.45, 7) is 5.66. The lowest BCUT2D eigenvalue weighted by Gasteiger charge is -2.25. The molecule has 1 aromatic carbocycles. The summed E-state index contributed by atoms with van der Waals surface area (Å²) < 4.78 is 0. The lowest BCUT2D eigenvalue weighted by atomic mass is 9.78. The van der Waals surface area contributed by atoms with E-state index in [1.165, 1.54) is 5.56 Å². The van der Waals surface area contributed by atoms with Crippen molar-refractivity contribution < 1.29 is 9.59 Å². The van der Waals surface area contributed by atoms with Gasteiger partial charge < -0.3 is 16.0 Å². The van der Waals surface area contributed by atoms with Crippen molar-refractivity contribution in [3.8, 4) is 0 Å². The van der Waals surface area contributed by atoms with Crippen molar-refractivity contribution in [3.05, 3.63) is 35.9 Å². The topological polar surface area (TPSA) is 75.4 Å². The zero-order valence-electron chi connectivity index (χ0n) is 11.9. The van der Waals surface area contributed by atoms with Crippen molar-refractivity contribution in [1.82, 2.24) is 10.2 Å². The van der Waals surface area contributed by atoms with Gasteiger partial charge in [0.25, 0.3) is 0 Å². The molecule has 3 amide bonds. The summed E-state index contributed by atoms with van der Waals surface area (Å²) in [4.78, 5) is 24.5. The molecule has 2 rings (SSSR count). The Labute approximate surface area is 119 Å². The number of hydrogen-bond acceptors (Lipinski definition) is 2. The fourth-order valence-electron chi connectivity index (χ4n) is 2.84. The first-order valence-corrected chi connectivity index (χ1v) is 6.76. The van der Waals surface area contributed by atoms with Crippen LogP contribution in [0.15, 0.2) is 30.3 Å². The number of rotatable bonds is 3. The summed E-state index contributed by atoms with van der Waals surface area (Å²) in [5, 5.41) is 2.35. The van der Waals surface area contributed by atoms with Crippen LogP contribution in [-0.2, 0) is 4.79 Å². The lowest BCUT2D eigenvalue weighted by Crippen LogP contribution is -2.41. The second kappa shape index (κ2) is 5.53. The van der Waals surface area contributed by atoms with Crippen LogP contribution >= 0.6 is 0 Å². The molecule has 1 aliphatic rings. The van der Waals surface area contributed by atoms with E-state index in [0.717, 1.165) is 0 Å². The molecule has 20 heavy (non-hydrogen) atoms. The maximum Gasteiger partial charge on any atom is 0.312 e. The molecule has 1 atom stereocenters. The third-order valence-electron chi connectivity index (χ3n) is 3.91. The van der Waals surface area contributed by atoms with E-state index in [4.69, 9.17) is 5.73 Å². The van der Waals surface area contributed by atoms with Crippen LogP contribution in [0.2, 0.25) is 0 Å². The standard InChI is InChI=1S/C15H21N3O2/c1-15(2)10-18(13(19)8-17-14(16)20)9-12(15)11-6-4-3-5-7-11/h3-7,12H,8-10H2,1-2H3,(H3,16,17,20). The van der Waals surface area contributed by atoms with Gasteiger partial charge in [0.15, 0.2) is 0 Å².